The zero-order chi connectivity index (χ0) is 11.4. The molecule has 2 heteroatoms. The first-order valence-electron chi connectivity index (χ1n) is 5.30. The first-order valence-corrected chi connectivity index (χ1v) is 5.30. The molecule has 0 radical (unpaired) electrons. The van der Waals surface area contributed by atoms with Crippen molar-refractivity contribution in [1.29, 1.82) is 0 Å². The summed E-state index contributed by atoms with van der Waals surface area (Å²) in [5.41, 5.74) is 1.06. The number of ketones is 1. The van der Waals surface area contributed by atoms with Gasteiger partial charge in [-0.15, -0.1) is 0 Å². The SMILES string of the molecule is Cc1ccc(C(=O)CCC(C)C)cc1F. The number of Topliss-reactive ketones (excluding diaryl/α,β-unsaturated/α-hetero) is 1. The fourth-order valence-electron chi connectivity index (χ4n) is 1.33. The van der Waals surface area contributed by atoms with Crippen LogP contribution < -0.4 is 0 Å². The van der Waals surface area contributed by atoms with Gasteiger partial charge in [-0.25, -0.2) is 4.39 Å². The molecule has 0 saturated heterocycles. The summed E-state index contributed by atoms with van der Waals surface area (Å²) in [6.07, 6.45) is 1.36. The molecule has 82 valence electrons. The monoisotopic (exact) mass is 208 g/mol. The molecule has 0 aromatic heterocycles. The van der Waals surface area contributed by atoms with Gasteiger partial charge in [-0.3, -0.25) is 4.79 Å². The first kappa shape index (κ1) is 11.9. The minimum absolute atomic E-state index is 0.0302. The number of carbonyl (C=O) groups excluding carboxylic acids is 1. The molecule has 0 atom stereocenters. The van der Waals surface area contributed by atoms with Crippen molar-refractivity contribution in [3.05, 3.63) is 35.1 Å². The van der Waals surface area contributed by atoms with Crippen LogP contribution in [0.4, 0.5) is 4.39 Å². The van der Waals surface area contributed by atoms with Crippen molar-refractivity contribution < 1.29 is 9.18 Å². The van der Waals surface area contributed by atoms with Crippen molar-refractivity contribution in [2.75, 3.05) is 0 Å². The average Bonchev–Trinajstić information content (AvgIpc) is 2.18. The fourth-order valence-corrected chi connectivity index (χ4v) is 1.33. The highest BCUT2D eigenvalue weighted by atomic mass is 19.1. The Morgan fingerprint density at radius 3 is 2.60 bits per heavy atom. The number of aryl methyl sites for hydroxylation is 1. The second kappa shape index (κ2) is 5.06. The molecule has 1 nitrogen and oxygen atoms in total. The van der Waals surface area contributed by atoms with E-state index >= 15 is 0 Å². The number of halogens is 1. The zero-order valence-corrected chi connectivity index (χ0v) is 9.51. The highest BCUT2D eigenvalue weighted by Crippen LogP contribution is 2.13. The Hall–Kier alpha value is -1.18. The average molecular weight is 208 g/mol. The smallest absolute Gasteiger partial charge is 0.162 e. The number of carbonyl (C=O) groups is 1. The van der Waals surface area contributed by atoms with Crippen molar-refractivity contribution in [1.82, 2.24) is 0 Å². The van der Waals surface area contributed by atoms with Crippen LogP contribution in [-0.4, -0.2) is 5.78 Å². The first-order chi connectivity index (χ1) is 7.00. The Morgan fingerprint density at radius 2 is 2.07 bits per heavy atom. The molecule has 15 heavy (non-hydrogen) atoms. The summed E-state index contributed by atoms with van der Waals surface area (Å²) < 4.78 is 13.2. The highest BCUT2D eigenvalue weighted by molar-refractivity contribution is 5.96. The molecular formula is C13H17FO. The van der Waals surface area contributed by atoms with E-state index in [1.165, 1.54) is 6.07 Å². The largest absolute Gasteiger partial charge is 0.294 e. The summed E-state index contributed by atoms with van der Waals surface area (Å²) in [6.45, 7) is 5.84. The van der Waals surface area contributed by atoms with E-state index in [2.05, 4.69) is 13.8 Å². The van der Waals surface area contributed by atoms with E-state index in [1.54, 1.807) is 19.1 Å². The lowest BCUT2D eigenvalue weighted by Gasteiger charge is -2.04. The van der Waals surface area contributed by atoms with Gasteiger partial charge < -0.3 is 0 Å². The van der Waals surface area contributed by atoms with Crippen molar-refractivity contribution in [3.63, 3.8) is 0 Å². The van der Waals surface area contributed by atoms with Crippen LogP contribution in [0.2, 0.25) is 0 Å². The second-order valence-electron chi connectivity index (χ2n) is 4.32. The summed E-state index contributed by atoms with van der Waals surface area (Å²) in [4.78, 5) is 11.6. The van der Waals surface area contributed by atoms with E-state index in [9.17, 15) is 9.18 Å². The molecule has 0 unspecified atom stereocenters. The molecule has 1 aromatic carbocycles. The minimum Gasteiger partial charge on any atom is -0.294 e. The van der Waals surface area contributed by atoms with Gasteiger partial charge in [-0.2, -0.15) is 0 Å². The van der Waals surface area contributed by atoms with E-state index in [0.29, 0.717) is 23.5 Å². The lowest BCUT2D eigenvalue weighted by molar-refractivity contribution is 0.0975. The minimum atomic E-state index is -0.301. The van der Waals surface area contributed by atoms with Crippen LogP contribution in [-0.2, 0) is 0 Å². The third-order valence-electron chi connectivity index (χ3n) is 2.44. The maximum Gasteiger partial charge on any atom is 0.162 e. The quantitative estimate of drug-likeness (QED) is 0.689. The topological polar surface area (TPSA) is 17.1 Å². The Balaban J connectivity index is 2.70. The lowest BCUT2D eigenvalue weighted by Crippen LogP contribution is -2.02. The molecule has 1 aromatic rings. The summed E-state index contributed by atoms with van der Waals surface area (Å²) in [7, 11) is 0. The van der Waals surface area contributed by atoms with Crippen molar-refractivity contribution in [3.8, 4) is 0 Å². The van der Waals surface area contributed by atoms with Crippen LogP contribution in [0.5, 0.6) is 0 Å². The van der Waals surface area contributed by atoms with Crippen LogP contribution >= 0.6 is 0 Å². The second-order valence-corrected chi connectivity index (χ2v) is 4.32. The number of hydrogen-bond acceptors (Lipinski definition) is 1. The van der Waals surface area contributed by atoms with Gasteiger partial charge in [-0.05, 0) is 30.9 Å². The van der Waals surface area contributed by atoms with Gasteiger partial charge in [0.25, 0.3) is 0 Å². The molecule has 0 heterocycles. The van der Waals surface area contributed by atoms with Crippen LogP contribution in [0.1, 0.15) is 42.6 Å². The molecule has 0 aliphatic heterocycles. The van der Waals surface area contributed by atoms with E-state index < -0.39 is 0 Å². The Morgan fingerprint density at radius 1 is 1.40 bits per heavy atom. The van der Waals surface area contributed by atoms with Gasteiger partial charge in [-0.1, -0.05) is 26.0 Å². The standard InChI is InChI=1S/C13H17FO/c1-9(2)4-7-13(15)11-6-5-10(3)12(14)8-11/h5-6,8-9H,4,7H2,1-3H3. The molecule has 0 spiro atoms. The van der Waals surface area contributed by atoms with Crippen LogP contribution in [0.25, 0.3) is 0 Å². The molecule has 0 aliphatic rings. The number of rotatable bonds is 4. The van der Waals surface area contributed by atoms with E-state index in [1.807, 2.05) is 0 Å². The fraction of sp³-hybridized carbons (Fsp3) is 0.462. The zero-order valence-electron chi connectivity index (χ0n) is 9.51. The Kier molecular flexibility index (Phi) is 4.01. The van der Waals surface area contributed by atoms with Crippen molar-refractivity contribution in [2.45, 2.75) is 33.6 Å². The van der Waals surface area contributed by atoms with Gasteiger partial charge in [0.15, 0.2) is 5.78 Å². The predicted molar refractivity (Wildman–Crippen MR) is 59.5 cm³/mol. The van der Waals surface area contributed by atoms with Crippen LogP contribution in [0, 0.1) is 18.7 Å². The summed E-state index contributed by atoms with van der Waals surface area (Å²) in [5.74, 6) is 0.234. The van der Waals surface area contributed by atoms with E-state index in [-0.39, 0.29) is 11.6 Å². The molecule has 0 aliphatic carbocycles. The van der Waals surface area contributed by atoms with Gasteiger partial charge in [0, 0.05) is 12.0 Å². The van der Waals surface area contributed by atoms with Gasteiger partial charge >= 0.3 is 0 Å². The maximum absolute atomic E-state index is 13.2. The Labute approximate surface area is 90.3 Å². The molecule has 0 fully saturated rings. The molecular weight excluding hydrogens is 191 g/mol. The third kappa shape index (κ3) is 3.46. The summed E-state index contributed by atoms with van der Waals surface area (Å²) in [5, 5.41) is 0. The van der Waals surface area contributed by atoms with Gasteiger partial charge in [0.05, 0.1) is 0 Å². The summed E-state index contributed by atoms with van der Waals surface area (Å²) in [6, 6.07) is 4.68. The molecule has 1 rings (SSSR count). The lowest BCUT2D eigenvalue weighted by atomic mass is 10.0. The van der Waals surface area contributed by atoms with E-state index in [0.717, 1.165) is 6.42 Å². The molecule has 0 bridgehead atoms. The Bertz CT molecular complexity index is 356. The molecule has 0 N–H and O–H groups in total. The van der Waals surface area contributed by atoms with Crippen molar-refractivity contribution in [2.24, 2.45) is 5.92 Å². The molecule has 0 amide bonds. The number of benzene rings is 1. The van der Waals surface area contributed by atoms with E-state index in [4.69, 9.17) is 0 Å². The third-order valence-corrected chi connectivity index (χ3v) is 2.44. The van der Waals surface area contributed by atoms with Gasteiger partial charge in [0.1, 0.15) is 5.82 Å². The predicted octanol–water partition coefficient (Wildman–Crippen LogP) is 3.75. The van der Waals surface area contributed by atoms with Crippen LogP contribution in [0.15, 0.2) is 18.2 Å². The highest BCUT2D eigenvalue weighted by Gasteiger charge is 2.08. The number of hydrogen-bond donors (Lipinski definition) is 0. The normalized spacial score (nSPS) is 10.7. The molecule has 0 saturated carbocycles. The van der Waals surface area contributed by atoms with Crippen LogP contribution in [0.3, 0.4) is 0 Å². The summed E-state index contributed by atoms with van der Waals surface area (Å²) >= 11 is 0. The van der Waals surface area contributed by atoms with Crippen molar-refractivity contribution >= 4 is 5.78 Å². The maximum atomic E-state index is 13.2. The van der Waals surface area contributed by atoms with Gasteiger partial charge in [0.2, 0.25) is 0 Å².